The van der Waals surface area contributed by atoms with Gasteiger partial charge in [0.1, 0.15) is 5.75 Å². The molecule has 1 rings (SSSR count). The number of anilines is 2. The predicted octanol–water partition coefficient (Wildman–Crippen LogP) is 3.36. The van der Waals surface area contributed by atoms with E-state index in [9.17, 15) is 4.79 Å². The molecule has 1 amide bonds. The lowest BCUT2D eigenvalue weighted by atomic mass is 10.0. The number of nitrogens with two attached hydrogens (primary N) is 1. The van der Waals surface area contributed by atoms with Gasteiger partial charge in [-0.2, -0.15) is 0 Å². The number of benzene rings is 1. The van der Waals surface area contributed by atoms with E-state index >= 15 is 0 Å². The van der Waals surface area contributed by atoms with Gasteiger partial charge in [0.05, 0.1) is 18.8 Å². The lowest BCUT2D eigenvalue weighted by Gasteiger charge is -2.33. The zero-order valence-corrected chi connectivity index (χ0v) is 15.1. The van der Waals surface area contributed by atoms with Crippen LogP contribution in [0.3, 0.4) is 0 Å². The van der Waals surface area contributed by atoms with Crippen molar-refractivity contribution in [3.8, 4) is 5.75 Å². The molecule has 0 bridgehead atoms. The average molecular weight is 321 g/mol. The van der Waals surface area contributed by atoms with Gasteiger partial charge >= 0.3 is 0 Å². The summed E-state index contributed by atoms with van der Waals surface area (Å²) >= 11 is 0. The summed E-state index contributed by atoms with van der Waals surface area (Å²) in [6.45, 7) is 10.3. The van der Waals surface area contributed by atoms with Crippen molar-refractivity contribution in [1.82, 2.24) is 4.90 Å². The fourth-order valence-electron chi connectivity index (χ4n) is 2.88. The van der Waals surface area contributed by atoms with Crippen molar-refractivity contribution >= 4 is 17.3 Å². The van der Waals surface area contributed by atoms with Crippen LogP contribution in [0.4, 0.5) is 11.4 Å². The maximum absolute atomic E-state index is 12.8. The molecule has 5 heteroatoms. The average Bonchev–Trinajstić information content (AvgIpc) is 2.47. The first-order valence-electron chi connectivity index (χ1n) is 8.42. The Morgan fingerprint density at radius 3 is 2.30 bits per heavy atom. The number of rotatable bonds is 9. The fourth-order valence-corrected chi connectivity index (χ4v) is 2.88. The maximum atomic E-state index is 12.8. The van der Waals surface area contributed by atoms with Gasteiger partial charge in [0.15, 0.2) is 0 Å². The third kappa shape index (κ3) is 5.43. The van der Waals surface area contributed by atoms with Gasteiger partial charge in [-0.05, 0) is 50.0 Å². The number of nitrogens with one attached hydrogen (secondary N) is 1. The zero-order valence-electron chi connectivity index (χ0n) is 15.1. The van der Waals surface area contributed by atoms with Crippen molar-refractivity contribution in [2.75, 3.05) is 31.2 Å². The largest absolute Gasteiger partial charge is 0.495 e. The number of carbonyl (C=O) groups excluding carboxylic acids is 1. The van der Waals surface area contributed by atoms with Crippen LogP contribution in [0.25, 0.3) is 0 Å². The molecule has 0 aliphatic carbocycles. The van der Waals surface area contributed by atoms with Gasteiger partial charge in [0, 0.05) is 5.69 Å². The number of carbonyl (C=O) groups is 1. The molecule has 0 fully saturated rings. The number of ether oxygens (including phenoxy) is 1. The van der Waals surface area contributed by atoms with Crippen molar-refractivity contribution in [2.45, 2.75) is 46.6 Å². The van der Waals surface area contributed by atoms with Gasteiger partial charge in [-0.25, -0.2) is 0 Å². The first-order valence-corrected chi connectivity index (χ1v) is 8.42. The molecule has 23 heavy (non-hydrogen) atoms. The molecule has 0 saturated carbocycles. The van der Waals surface area contributed by atoms with Gasteiger partial charge in [0.2, 0.25) is 5.91 Å². The molecule has 1 unspecified atom stereocenters. The van der Waals surface area contributed by atoms with E-state index in [1.54, 1.807) is 19.2 Å². The van der Waals surface area contributed by atoms with E-state index in [1.807, 2.05) is 6.07 Å². The first-order chi connectivity index (χ1) is 10.9. The molecule has 1 aromatic rings. The second-order valence-electron chi connectivity index (χ2n) is 6.17. The summed E-state index contributed by atoms with van der Waals surface area (Å²) in [4.78, 5) is 15.1. The fraction of sp³-hybridized carbons (Fsp3) is 0.611. The van der Waals surface area contributed by atoms with Crippen LogP contribution in [0.1, 0.15) is 40.5 Å². The minimum Gasteiger partial charge on any atom is -0.495 e. The Morgan fingerprint density at radius 1 is 1.26 bits per heavy atom. The van der Waals surface area contributed by atoms with Gasteiger partial charge in [0.25, 0.3) is 0 Å². The quantitative estimate of drug-likeness (QED) is 0.684. The minimum atomic E-state index is -0.141. The summed E-state index contributed by atoms with van der Waals surface area (Å²) in [5.74, 6) is 0.872. The van der Waals surface area contributed by atoms with Gasteiger partial charge in [-0.1, -0.05) is 27.7 Å². The highest BCUT2D eigenvalue weighted by Crippen LogP contribution is 2.25. The number of hydrogen-bond donors (Lipinski definition) is 2. The van der Waals surface area contributed by atoms with Crippen LogP contribution in [-0.2, 0) is 4.79 Å². The molecular weight excluding hydrogens is 290 g/mol. The summed E-state index contributed by atoms with van der Waals surface area (Å²) in [5.41, 5.74) is 7.13. The molecule has 0 radical (unpaired) electrons. The first kappa shape index (κ1) is 19.3. The lowest BCUT2D eigenvalue weighted by molar-refractivity contribution is -0.122. The lowest BCUT2D eigenvalue weighted by Crippen LogP contribution is -2.48. The third-order valence-electron chi connectivity index (χ3n) is 3.81. The standard InChI is InChI=1S/C18H31N3O2/c1-6-10-21(11-7-2)17(13(3)4)18(22)20-14-8-9-16(23-5)15(19)12-14/h8-9,12-13,17H,6-7,10-11,19H2,1-5H3,(H,20,22). The second-order valence-corrected chi connectivity index (χ2v) is 6.17. The van der Waals surface area contributed by atoms with E-state index in [0.717, 1.165) is 25.9 Å². The molecule has 0 saturated heterocycles. The highest BCUT2D eigenvalue weighted by Gasteiger charge is 2.28. The molecule has 130 valence electrons. The SMILES string of the molecule is CCCN(CCC)C(C(=O)Nc1ccc(OC)c(N)c1)C(C)C. The Bertz CT molecular complexity index is 497. The summed E-state index contributed by atoms with van der Waals surface area (Å²) in [6.07, 6.45) is 2.07. The topological polar surface area (TPSA) is 67.6 Å². The second kappa shape index (κ2) is 9.40. The number of nitrogens with zero attached hydrogens (tertiary/aromatic N) is 1. The van der Waals surface area contributed by atoms with Crippen molar-refractivity contribution in [3.63, 3.8) is 0 Å². The Kier molecular flexibility index (Phi) is 7.89. The Labute approximate surface area is 140 Å². The minimum absolute atomic E-state index is 0.0199. The van der Waals surface area contributed by atoms with E-state index in [0.29, 0.717) is 17.1 Å². The predicted molar refractivity (Wildman–Crippen MR) is 96.8 cm³/mol. The Hall–Kier alpha value is -1.75. The monoisotopic (exact) mass is 321 g/mol. The third-order valence-corrected chi connectivity index (χ3v) is 3.81. The summed E-state index contributed by atoms with van der Waals surface area (Å²) < 4.78 is 5.15. The molecular formula is C18H31N3O2. The van der Waals surface area contributed by atoms with Crippen molar-refractivity contribution in [1.29, 1.82) is 0 Å². The normalized spacial score (nSPS) is 12.5. The van der Waals surface area contributed by atoms with E-state index in [4.69, 9.17) is 10.5 Å². The van der Waals surface area contributed by atoms with E-state index < -0.39 is 0 Å². The van der Waals surface area contributed by atoms with E-state index in [1.165, 1.54) is 0 Å². The molecule has 1 atom stereocenters. The molecule has 0 aliphatic heterocycles. The van der Waals surface area contributed by atoms with Crippen LogP contribution in [0.2, 0.25) is 0 Å². The molecule has 0 aromatic heterocycles. The van der Waals surface area contributed by atoms with Crippen LogP contribution in [-0.4, -0.2) is 37.0 Å². The van der Waals surface area contributed by atoms with Crippen molar-refractivity contribution in [2.24, 2.45) is 5.92 Å². The smallest absolute Gasteiger partial charge is 0.241 e. The van der Waals surface area contributed by atoms with Gasteiger partial charge < -0.3 is 15.8 Å². The maximum Gasteiger partial charge on any atom is 0.241 e. The summed E-state index contributed by atoms with van der Waals surface area (Å²) in [7, 11) is 1.58. The van der Waals surface area contributed by atoms with Crippen molar-refractivity contribution in [3.05, 3.63) is 18.2 Å². The molecule has 3 N–H and O–H groups in total. The van der Waals surface area contributed by atoms with Gasteiger partial charge in [-0.3, -0.25) is 9.69 Å². The number of nitrogen functional groups attached to an aromatic ring is 1. The summed E-state index contributed by atoms with van der Waals surface area (Å²) in [6, 6.07) is 5.18. The highest BCUT2D eigenvalue weighted by atomic mass is 16.5. The Balaban J connectivity index is 2.91. The molecule has 0 heterocycles. The van der Waals surface area contributed by atoms with Crippen LogP contribution >= 0.6 is 0 Å². The van der Waals surface area contributed by atoms with E-state index in [-0.39, 0.29) is 17.9 Å². The number of amides is 1. The molecule has 0 spiro atoms. The number of hydrogen-bond acceptors (Lipinski definition) is 4. The van der Waals surface area contributed by atoms with Crippen LogP contribution < -0.4 is 15.8 Å². The number of methoxy groups -OCH3 is 1. The molecule has 1 aromatic carbocycles. The molecule has 5 nitrogen and oxygen atoms in total. The van der Waals surface area contributed by atoms with Crippen LogP contribution in [0, 0.1) is 5.92 Å². The van der Waals surface area contributed by atoms with E-state index in [2.05, 4.69) is 37.9 Å². The Morgan fingerprint density at radius 2 is 1.87 bits per heavy atom. The molecule has 0 aliphatic rings. The van der Waals surface area contributed by atoms with Gasteiger partial charge in [-0.15, -0.1) is 0 Å². The summed E-state index contributed by atoms with van der Waals surface area (Å²) in [5, 5.41) is 3.00. The highest BCUT2D eigenvalue weighted by molar-refractivity contribution is 5.95. The van der Waals surface area contributed by atoms with Crippen LogP contribution in [0.5, 0.6) is 5.75 Å². The van der Waals surface area contributed by atoms with Crippen LogP contribution in [0.15, 0.2) is 18.2 Å². The zero-order chi connectivity index (χ0) is 17.4. The van der Waals surface area contributed by atoms with Crippen molar-refractivity contribution < 1.29 is 9.53 Å².